The molecule has 4 heteroatoms. The first-order valence-corrected chi connectivity index (χ1v) is 3.24. The van der Waals surface area contributed by atoms with Crippen LogP contribution in [0.4, 0.5) is 0 Å². The summed E-state index contributed by atoms with van der Waals surface area (Å²) in [4.78, 5) is 3.60. The average Bonchev–Trinajstić information content (AvgIpc) is 2.25. The molecule has 0 radical (unpaired) electrons. The van der Waals surface area contributed by atoms with Gasteiger partial charge in [-0.15, -0.1) is 0 Å². The zero-order valence-corrected chi connectivity index (χ0v) is 6.15. The van der Waals surface area contributed by atoms with Gasteiger partial charge in [0.15, 0.2) is 0 Å². The lowest BCUT2D eigenvalue weighted by Crippen LogP contribution is -2.30. The predicted octanol–water partition coefficient (Wildman–Crippen LogP) is -0.115. The molecule has 64 valence electrons. The Balaban J connectivity index is 3.48. The highest BCUT2D eigenvalue weighted by Crippen LogP contribution is 2.08. The van der Waals surface area contributed by atoms with Crippen LogP contribution in [-0.2, 0) is 0 Å². The molecule has 1 aromatic rings. The molecule has 2 N–H and O–H groups in total. The fraction of sp³-hybridized carbons (Fsp3) is 0.375. The summed E-state index contributed by atoms with van der Waals surface area (Å²) in [7, 11) is -1.90. The van der Waals surface area contributed by atoms with Crippen LogP contribution < -0.4 is 5.46 Å². The van der Waals surface area contributed by atoms with Crippen LogP contribution in [0.5, 0.6) is 0 Å². The molecule has 1 rings (SSSR count). The van der Waals surface area contributed by atoms with Gasteiger partial charge >= 0.3 is 7.12 Å². The Labute approximate surface area is 82.1 Å². The van der Waals surface area contributed by atoms with Gasteiger partial charge in [-0.2, -0.15) is 0 Å². The van der Waals surface area contributed by atoms with Gasteiger partial charge in [0.2, 0.25) is 0 Å². The fourth-order valence-corrected chi connectivity index (χ4v) is 0.744. The summed E-state index contributed by atoms with van der Waals surface area (Å²) < 4.78 is 51.5. The van der Waals surface area contributed by atoms with E-state index in [0.717, 1.165) is 12.3 Å². The van der Waals surface area contributed by atoms with E-state index in [1.165, 1.54) is 6.07 Å². The normalized spacial score (nSPS) is 22.0. The van der Waals surface area contributed by atoms with Gasteiger partial charge in [0.05, 0.1) is 0 Å². The van der Waals surface area contributed by atoms with Crippen LogP contribution in [0.3, 0.4) is 0 Å². The van der Waals surface area contributed by atoms with Crippen LogP contribution in [0.1, 0.15) is 34.9 Å². The van der Waals surface area contributed by atoms with E-state index < -0.39 is 32.4 Å². The molecular formula is C8H12BNO2. The third-order valence-corrected chi connectivity index (χ3v) is 1.34. The van der Waals surface area contributed by atoms with E-state index in [2.05, 4.69) is 4.98 Å². The van der Waals surface area contributed by atoms with Crippen molar-refractivity contribution in [1.29, 1.82) is 0 Å². The predicted molar refractivity (Wildman–Crippen MR) is 48.2 cm³/mol. The van der Waals surface area contributed by atoms with Crippen LogP contribution >= 0.6 is 0 Å². The smallest absolute Gasteiger partial charge is 0.423 e. The summed E-state index contributed by atoms with van der Waals surface area (Å²) in [5.41, 5.74) is -0.687. The lowest BCUT2D eigenvalue weighted by atomic mass is 9.80. The number of hydrogen-bond donors (Lipinski definition) is 2. The van der Waals surface area contributed by atoms with Gasteiger partial charge in [0.1, 0.15) is 0 Å². The van der Waals surface area contributed by atoms with Crippen molar-refractivity contribution < 1.29 is 19.6 Å². The molecule has 0 aliphatic heterocycles. The van der Waals surface area contributed by atoms with Crippen molar-refractivity contribution in [2.45, 2.75) is 19.6 Å². The van der Waals surface area contributed by atoms with Crippen LogP contribution in [0, 0.1) is 0 Å². The van der Waals surface area contributed by atoms with Gasteiger partial charge in [-0.1, -0.05) is 13.7 Å². The van der Waals surface area contributed by atoms with Crippen molar-refractivity contribution in [2.24, 2.45) is 0 Å². The minimum atomic E-state index is -3.15. The van der Waals surface area contributed by atoms with Crippen LogP contribution in [0.2, 0.25) is 0 Å². The van der Waals surface area contributed by atoms with E-state index in [1.807, 2.05) is 0 Å². The van der Waals surface area contributed by atoms with Gasteiger partial charge < -0.3 is 10.0 Å². The van der Waals surface area contributed by atoms with Gasteiger partial charge in [0, 0.05) is 21.5 Å². The largest absolute Gasteiger partial charge is 0.488 e. The van der Waals surface area contributed by atoms with Gasteiger partial charge in [-0.05, 0) is 23.5 Å². The maximum atomic E-state index is 9.00. The third-order valence-electron chi connectivity index (χ3n) is 1.34. The SMILES string of the molecule is [2H]C([2H])([2H])C([2H])(c1cc(B(O)O)ccn1)C([2H])([2H])[2H]. The Morgan fingerprint density at radius 2 is 2.42 bits per heavy atom. The molecular weight excluding hydrogens is 153 g/mol. The summed E-state index contributed by atoms with van der Waals surface area (Å²) in [6.45, 7) is -6.30. The number of aromatic nitrogens is 1. The number of pyridine rings is 1. The summed E-state index contributed by atoms with van der Waals surface area (Å²) in [6, 6.07) is 2.09. The molecule has 0 atom stereocenters. The van der Waals surface area contributed by atoms with Crippen molar-refractivity contribution in [3.8, 4) is 0 Å². The Morgan fingerprint density at radius 3 is 3.00 bits per heavy atom. The van der Waals surface area contributed by atoms with Gasteiger partial charge in [-0.3, -0.25) is 4.98 Å². The summed E-state index contributed by atoms with van der Waals surface area (Å²) >= 11 is 0. The van der Waals surface area contributed by atoms with Crippen LogP contribution in [0.15, 0.2) is 18.3 Å². The molecule has 0 fully saturated rings. The monoisotopic (exact) mass is 172 g/mol. The molecule has 3 nitrogen and oxygen atoms in total. The van der Waals surface area contributed by atoms with Gasteiger partial charge in [0.25, 0.3) is 0 Å². The standard InChI is InChI=1S/C8H12BNO2/c1-6(2)8-5-7(9(11)12)3-4-10-8/h3-6,11-12H,1-2H3/i1D3,2D3,6D. The highest BCUT2D eigenvalue weighted by atomic mass is 16.4. The summed E-state index contributed by atoms with van der Waals surface area (Å²) in [5, 5.41) is 18.0. The van der Waals surface area contributed by atoms with Crippen molar-refractivity contribution in [2.75, 3.05) is 0 Å². The van der Waals surface area contributed by atoms with Crippen molar-refractivity contribution in [1.82, 2.24) is 4.98 Å². The first-order valence-electron chi connectivity index (χ1n) is 6.74. The molecule has 1 heterocycles. The lowest BCUT2D eigenvalue weighted by Gasteiger charge is -2.05. The maximum Gasteiger partial charge on any atom is 0.488 e. The van der Waals surface area contributed by atoms with E-state index in [1.54, 1.807) is 0 Å². The van der Waals surface area contributed by atoms with Crippen LogP contribution in [0.25, 0.3) is 0 Å². The molecule has 0 aliphatic rings. The zero-order chi connectivity index (χ0) is 15.1. The minimum Gasteiger partial charge on any atom is -0.423 e. The molecule has 0 amide bonds. The summed E-state index contributed by atoms with van der Waals surface area (Å²) in [6.07, 6.45) is 1.03. The molecule has 0 unspecified atom stereocenters. The number of nitrogens with zero attached hydrogens (tertiary/aromatic N) is 1. The average molecular weight is 172 g/mol. The van der Waals surface area contributed by atoms with Crippen molar-refractivity contribution >= 4 is 12.6 Å². The van der Waals surface area contributed by atoms with E-state index in [9.17, 15) is 0 Å². The maximum absolute atomic E-state index is 9.00. The number of rotatable bonds is 2. The molecule has 1 aromatic heterocycles. The second kappa shape index (κ2) is 3.69. The zero-order valence-electron chi connectivity index (χ0n) is 13.2. The highest BCUT2D eigenvalue weighted by molar-refractivity contribution is 6.58. The highest BCUT2D eigenvalue weighted by Gasteiger charge is 2.11. The molecule has 12 heavy (non-hydrogen) atoms. The second-order valence-electron chi connectivity index (χ2n) is 2.22. The van der Waals surface area contributed by atoms with E-state index >= 15 is 0 Å². The van der Waals surface area contributed by atoms with Crippen molar-refractivity contribution in [3.05, 3.63) is 24.0 Å². The molecule has 0 saturated carbocycles. The van der Waals surface area contributed by atoms with Crippen LogP contribution in [-0.4, -0.2) is 22.2 Å². The molecule has 0 bridgehead atoms. The Hall–Kier alpha value is -0.865. The number of hydrogen-bond acceptors (Lipinski definition) is 3. The molecule has 0 aliphatic carbocycles. The molecule has 0 saturated heterocycles. The Morgan fingerprint density at radius 1 is 1.67 bits per heavy atom. The van der Waals surface area contributed by atoms with Gasteiger partial charge in [-0.25, -0.2) is 0 Å². The third kappa shape index (κ3) is 2.06. The minimum absolute atomic E-state index is 0.130. The van der Waals surface area contributed by atoms with Crippen molar-refractivity contribution in [3.63, 3.8) is 0 Å². The Bertz CT molecular complexity index is 445. The van der Waals surface area contributed by atoms with E-state index in [4.69, 9.17) is 19.6 Å². The topological polar surface area (TPSA) is 53.4 Å². The second-order valence-corrected chi connectivity index (χ2v) is 2.22. The summed E-state index contributed by atoms with van der Waals surface area (Å²) in [5.74, 6) is -2.94. The quantitative estimate of drug-likeness (QED) is 0.611. The molecule has 0 aromatic carbocycles. The first kappa shape index (κ1) is 3.48. The fourth-order valence-electron chi connectivity index (χ4n) is 0.744. The van der Waals surface area contributed by atoms with E-state index in [-0.39, 0.29) is 5.46 Å². The molecule has 0 spiro atoms. The lowest BCUT2D eigenvalue weighted by molar-refractivity contribution is 0.425. The van der Waals surface area contributed by atoms with E-state index in [0.29, 0.717) is 0 Å². The Kier molecular flexibility index (Phi) is 1.07. The first-order chi connectivity index (χ1) is 8.41.